The van der Waals surface area contributed by atoms with Crippen LogP contribution in [0.1, 0.15) is 39.4 Å². The number of anilines is 2. The third-order valence-electron chi connectivity index (χ3n) is 3.49. The van der Waals surface area contributed by atoms with E-state index >= 15 is 0 Å². The number of carbonyl (C=O) groups excluding carboxylic acids is 2. The van der Waals surface area contributed by atoms with Crippen LogP contribution < -0.4 is 10.6 Å². The molecule has 0 spiro atoms. The smallest absolute Gasteiger partial charge is 0.348 e. The standard InChI is InChI=1S/C18H18F2N2O4S2/c1-4-25-16(23)13-9(3)14(17(24)26-5-2)28-15(13)22-18(27)21-10-6-7-11(19)12(20)8-10/h6-8H,4-5H2,1-3H3,(H2,21,22,27). The Morgan fingerprint density at radius 1 is 1.07 bits per heavy atom. The van der Waals surface area contributed by atoms with Crippen molar-refractivity contribution in [3.8, 4) is 0 Å². The van der Waals surface area contributed by atoms with Crippen molar-refractivity contribution in [2.45, 2.75) is 20.8 Å². The van der Waals surface area contributed by atoms with E-state index in [1.54, 1.807) is 20.8 Å². The quantitative estimate of drug-likeness (QED) is 0.518. The minimum Gasteiger partial charge on any atom is -0.462 e. The summed E-state index contributed by atoms with van der Waals surface area (Å²) in [6, 6.07) is 3.21. The summed E-state index contributed by atoms with van der Waals surface area (Å²) in [5, 5.41) is 5.79. The lowest BCUT2D eigenvalue weighted by Crippen LogP contribution is -2.20. The number of esters is 2. The van der Waals surface area contributed by atoms with E-state index in [0.717, 1.165) is 23.5 Å². The van der Waals surface area contributed by atoms with E-state index in [0.29, 0.717) is 5.56 Å². The van der Waals surface area contributed by atoms with E-state index < -0.39 is 23.6 Å². The largest absolute Gasteiger partial charge is 0.462 e. The zero-order valence-electron chi connectivity index (χ0n) is 15.4. The number of halogens is 2. The second kappa shape index (κ2) is 9.56. The van der Waals surface area contributed by atoms with Gasteiger partial charge in [-0.2, -0.15) is 0 Å². The minimum absolute atomic E-state index is 0.0215. The zero-order chi connectivity index (χ0) is 20.8. The molecule has 1 aromatic carbocycles. The molecule has 0 saturated carbocycles. The van der Waals surface area contributed by atoms with Gasteiger partial charge in [-0.15, -0.1) is 11.3 Å². The molecular weight excluding hydrogens is 410 g/mol. The fourth-order valence-electron chi connectivity index (χ4n) is 2.28. The second-order valence-corrected chi connectivity index (χ2v) is 6.84. The Labute approximate surface area is 169 Å². The number of carbonyl (C=O) groups is 2. The molecule has 28 heavy (non-hydrogen) atoms. The fourth-order valence-corrected chi connectivity index (χ4v) is 3.66. The van der Waals surface area contributed by atoms with Crippen LogP contribution in [0.3, 0.4) is 0 Å². The monoisotopic (exact) mass is 428 g/mol. The molecule has 0 amide bonds. The van der Waals surface area contributed by atoms with Crippen molar-refractivity contribution in [3.63, 3.8) is 0 Å². The van der Waals surface area contributed by atoms with Crippen LogP contribution in [0.15, 0.2) is 18.2 Å². The fraction of sp³-hybridized carbons (Fsp3) is 0.278. The summed E-state index contributed by atoms with van der Waals surface area (Å²) in [7, 11) is 0. The van der Waals surface area contributed by atoms with Crippen molar-refractivity contribution in [3.05, 3.63) is 45.8 Å². The van der Waals surface area contributed by atoms with Crippen LogP contribution in [0, 0.1) is 18.6 Å². The zero-order valence-corrected chi connectivity index (χ0v) is 17.0. The molecule has 0 aliphatic carbocycles. The lowest BCUT2D eigenvalue weighted by Gasteiger charge is -2.11. The van der Waals surface area contributed by atoms with E-state index in [-0.39, 0.29) is 39.5 Å². The van der Waals surface area contributed by atoms with Gasteiger partial charge in [0, 0.05) is 11.8 Å². The van der Waals surface area contributed by atoms with E-state index in [9.17, 15) is 18.4 Å². The molecule has 0 saturated heterocycles. The minimum atomic E-state index is -1.03. The van der Waals surface area contributed by atoms with Crippen LogP contribution >= 0.6 is 23.6 Å². The van der Waals surface area contributed by atoms with E-state index in [2.05, 4.69) is 10.6 Å². The first-order chi connectivity index (χ1) is 13.3. The third-order valence-corrected chi connectivity index (χ3v) is 4.88. The first-order valence-electron chi connectivity index (χ1n) is 8.29. The molecular formula is C18H18F2N2O4S2. The predicted molar refractivity (Wildman–Crippen MR) is 107 cm³/mol. The number of nitrogens with one attached hydrogen (secondary N) is 2. The summed E-state index contributed by atoms with van der Waals surface area (Å²) in [5.41, 5.74) is 0.775. The van der Waals surface area contributed by atoms with Gasteiger partial charge in [-0.1, -0.05) is 0 Å². The summed E-state index contributed by atoms with van der Waals surface area (Å²) in [6.07, 6.45) is 0. The first kappa shape index (κ1) is 21.7. The van der Waals surface area contributed by atoms with Crippen LogP contribution in [0.25, 0.3) is 0 Å². The normalized spacial score (nSPS) is 10.3. The van der Waals surface area contributed by atoms with Crippen LogP contribution in [-0.4, -0.2) is 30.3 Å². The maximum atomic E-state index is 13.3. The molecule has 1 heterocycles. The summed E-state index contributed by atoms with van der Waals surface area (Å²) in [5.74, 6) is -3.20. The molecule has 10 heteroatoms. The molecule has 2 aromatic rings. The molecule has 0 radical (unpaired) electrons. The SMILES string of the molecule is CCOC(=O)c1sc(NC(=S)Nc2ccc(F)c(F)c2)c(C(=O)OCC)c1C. The lowest BCUT2D eigenvalue weighted by atomic mass is 10.1. The van der Waals surface area contributed by atoms with Gasteiger partial charge in [0.05, 0.1) is 18.8 Å². The van der Waals surface area contributed by atoms with Crippen LogP contribution in [0.4, 0.5) is 19.5 Å². The number of hydrogen-bond acceptors (Lipinski definition) is 6. The van der Waals surface area contributed by atoms with Gasteiger partial charge in [0.25, 0.3) is 0 Å². The second-order valence-electron chi connectivity index (χ2n) is 5.41. The Morgan fingerprint density at radius 2 is 1.71 bits per heavy atom. The number of ether oxygens (including phenoxy) is 2. The predicted octanol–water partition coefficient (Wildman–Crippen LogP) is 4.50. The van der Waals surface area contributed by atoms with Crippen LogP contribution in [-0.2, 0) is 9.47 Å². The van der Waals surface area contributed by atoms with Crippen molar-refractivity contribution in [2.75, 3.05) is 23.8 Å². The maximum Gasteiger partial charge on any atom is 0.348 e. The summed E-state index contributed by atoms with van der Waals surface area (Å²) in [4.78, 5) is 24.7. The molecule has 0 aliphatic heterocycles. The van der Waals surface area contributed by atoms with E-state index in [1.165, 1.54) is 6.07 Å². The molecule has 2 rings (SSSR count). The van der Waals surface area contributed by atoms with E-state index in [4.69, 9.17) is 21.7 Å². The summed E-state index contributed by atoms with van der Waals surface area (Å²) < 4.78 is 36.4. The van der Waals surface area contributed by atoms with Gasteiger partial charge in [0.2, 0.25) is 0 Å². The number of hydrogen-bond donors (Lipinski definition) is 2. The highest BCUT2D eigenvalue weighted by molar-refractivity contribution is 7.80. The van der Waals surface area contributed by atoms with Crippen LogP contribution in [0.2, 0.25) is 0 Å². The van der Waals surface area contributed by atoms with E-state index in [1.807, 2.05) is 0 Å². The number of rotatable bonds is 6. The Morgan fingerprint density at radius 3 is 2.32 bits per heavy atom. The maximum absolute atomic E-state index is 13.3. The summed E-state index contributed by atoms with van der Waals surface area (Å²) in [6.45, 7) is 5.27. The lowest BCUT2D eigenvalue weighted by molar-refractivity contribution is 0.0527. The highest BCUT2D eigenvalue weighted by Gasteiger charge is 2.26. The van der Waals surface area contributed by atoms with Crippen molar-refractivity contribution < 1.29 is 27.8 Å². The highest BCUT2D eigenvalue weighted by Crippen LogP contribution is 2.34. The molecule has 0 aliphatic rings. The number of benzene rings is 1. The van der Waals surface area contributed by atoms with Gasteiger partial charge in [0.1, 0.15) is 9.88 Å². The molecule has 0 bridgehead atoms. The molecule has 2 N–H and O–H groups in total. The van der Waals surface area contributed by atoms with Crippen molar-refractivity contribution >= 4 is 51.3 Å². The van der Waals surface area contributed by atoms with Crippen molar-refractivity contribution in [1.82, 2.24) is 0 Å². The van der Waals surface area contributed by atoms with Gasteiger partial charge >= 0.3 is 11.9 Å². The molecule has 0 fully saturated rings. The van der Waals surface area contributed by atoms with Gasteiger partial charge in [0.15, 0.2) is 16.7 Å². The topological polar surface area (TPSA) is 76.7 Å². The van der Waals surface area contributed by atoms with Crippen LogP contribution in [0.5, 0.6) is 0 Å². The van der Waals surface area contributed by atoms with Gasteiger partial charge in [-0.05, 0) is 50.7 Å². The number of thiophene rings is 1. The Kier molecular flexibility index (Phi) is 7.41. The third kappa shape index (κ3) is 5.02. The number of thiocarbonyl (C=S) groups is 1. The molecule has 150 valence electrons. The molecule has 1 aromatic heterocycles. The first-order valence-corrected chi connectivity index (χ1v) is 9.51. The summed E-state index contributed by atoms with van der Waals surface area (Å²) >= 11 is 6.16. The van der Waals surface area contributed by atoms with Gasteiger partial charge in [-0.3, -0.25) is 0 Å². The average molecular weight is 428 g/mol. The Hall–Kier alpha value is -2.59. The average Bonchev–Trinajstić information content (AvgIpc) is 2.94. The van der Waals surface area contributed by atoms with Gasteiger partial charge < -0.3 is 20.1 Å². The van der Waals surface area contributed by atoms with Crippen molar-refractivity contribution in [2.24, 2.45) is 0 Å². The molecule has 0 atom stereocenters. The highest BCUT2D eigenvalue weighted by atomic mass is 32.1. The Balaban J connectivity index is 2.30. The Bertz CT molecular complexity index is 915. The van der Waals surface area contributed by atoms with Crippen molar-refractivity contribution in [1.29, 1.82) is 0 Å². The molecule has 6 nitrogen and oxygen atoms in total. The van der Waals surface area contributed by atoms with Gasteiger partial charge in [-0.25, -0.2) is 18.4 Å². The molecule has 0 unspecified atom stereocenters.